The van der Waals surface area contributed by atoms with E-state index >= 15 is 0 Å². The second-order valence-electron chi connectivity index (χ2n) is 5.15. The fourth-order valence-corrected chi connectivity index (χ4v) is 2.20. The van der Waals surface area contributed by atoms with Crippen LogP contribution in [0.4, 0.5) is 4.79 Å². The SMILES string of the molecule is COc1ccc2cc(CNC(=O)NCCCC(=O)O)ccc2c1. The summed E-state index contributed by atoms with van der Waals surface area (Å²) >= 11 is 0. The van der Waals surface area contributed by atoms with Crippen molar-refractivity contribution >= 4 is 22.8 Å². The summed E-state index contributed by atoms with van der Waals surface area (Å²) in [7, 11) is 1.63. The van der Waals surface area contributed by atoms with Gasteiger partial charge in [0.15, 0.2) is 0 Å². The van der Waals surface area contributed by atoms with Gasteiger partial charge in [-0.3, -0.25) is 4.79 Å². The van der Waals surface area contributed by atoms with Gasteiger partial charge in [0, 0.05) is 19.5 Å². The van der Waals surface area contributed by atoms with Gasteiger partial charge in [0.1, 0.15) is 5.75 Å². The lowest BCUT2D eigenvalue weighted by Crippen LogP contribution is -2.35. The summed E-state index contributed by atoms with van der Waals surface area (Å²) in [6.07, 6.45) is 0.467. The fourth-order valence-electron chi connectivity index (χ4n) is 2.20. The van der Waals surface area contributed by atoms with Gasteiger partial charge in [0.25, 0.3) is 0 Å². The van der Waals surface area contributed by atoms with Crippen LogP contribution in [0.15, 0.2) is 36.4 Å². The molecule has 0 atom stereocenters. The minimum Gasteiger partial charge on any atom is -0.497 e. The molecule has 0 radical (unpaired) electrons. The Bertz CT molecular complexity index is 700. The number of aliphatic carboxylic acids is 1. The molecule has 0 aromatic heterocycles. The van der Waals surface area contributed by atoms with Crippen LogP contribution in [0.2, 0.25) is 0 Å². The fraction of sp³-hybridized carbons (Fsp3) is 0.294. The Morgan fingerprint density at radius 1 is 1.09 bits per heavy atom. The Hall–Kier alpha value is -2.76. The number of carbonyl (C=O) groups is 2. The van der Waals surface area contributed by atoms with Gasteiger partial charge in [-0.15, -0.1) is 0 Å². The number of urea groups is 1. The van der Waals surface area contributed by atoms with E-state index in [0.29, 0.717) is 19.5 Å². The number of carbonyl (C=O) groups excluding carboxylic acids is 1. The van der Waals surface area contributed by atoms with E-state index in [1.165, 1.54) is 0 Å². The highest BCUT2D eigenvalue weighted by molar-refractivity contribution is 5.84. The quantitative estimate of drug-likeness (QED) is 0.685. The molecule has 2 aromatic carbocycles. The van der Waals surface area contributed by atoms with E-state index < -0.39 is 5.97 Å². The largest absolute Gasteiger partial charge is 0.497 e. The highest BCUT2D eigenvalue weighted by atomic mass is 16.5. The Balaban J connectivity index is 1.84. The van der Waals surface area contributed by atoms with Crippen molar-refractivity contribution in [2.45, 2.75) is 19.4 Å². The van der Waals surface area contributed by atoms with Gasteiger partial charge in [0.05, 0.1) is 7.11 Å². The Kier molecular flexibility index (Phi) is 5.80. The molecule has 0 saturated heterocycles. The number of carboxylic acids is 1. The molecule has 0 fully saturated rings. The van der Waals surface area contributed by atoms with Crippen LogP contribution in [0.25, 0.3) is 10.8 Å². The number of hydrogen-bond acceptors (Lipinski definition) is 3. The number of nitrogens with one attached hydrogen (secondary N) is 2. The van der Waals surface area contributed by atoms with Crippen molar-refractivity contribution in [3.05, 3.63) is 42.0 Å². The second-order valence-corrected chi connectivity index (χ2v) is 5.15. The number of hydrogen-bond donors (Lipinski definition) is 3. The molecule has 0 aliphatic heterocycles. The molecule has 122 valence electrons. The van der Waals surface area contributed by atoms with Gasteiger partial charge in [-0.25, -0.2) is 4.79 Å². The number of carboxylic acid groups (broad SMARTS) is 1. The molecule has 6 nitrogen and oxygen atoms in total. The summed E-state index contributed by atoms with van der Waals surface area (Å²) < 4.78 is 5.19. The molecule has 2 rings (SSSR count). The maximum absolute atomic E-state index is 11.6. The zero-order valence-electron chi connectivity index (χ0n) is 13.0. The standard InChI is InChI=1S/C17H20N2O4/c1-23-15-7-6-13-9-12(4-5-14(13)10-15)11-19-17(22)18-8-2-3-16(20)21/h4-7,9-10H,2-3,8,11H2,1H3,(H,20,21)(H2,18,19,22). The Morgan fingerprint density at radius 3 is 2.57 bits per heavy atom. The van der Waals surface area contributed by atoms with Gasteiger partial charge in [-0.2, -0.15) is 0 Å². The number of rotatable bonds is 7. The predicted molar refractivity (Wildman–Crippen MR) is 87.6 cm³/mol. The summed E-state index contributed by atoms with van der Waals surface area (Å²) in [5.74, 6) is -0.0517. The second kappa shape index (κ2) is 8.03. The lowest BCUT2D eigenvalue weighted by atomic mass is 10.1. The van der Waals surface area contributed by atoms with Gasteiger partial charge in [0.2, 0.25) is 0 Å². The van der Waals surface area contributed by atoms with Crippen LogP contribution in [0.3, 0.4) is 0 Å². The van der Waals surface area contributed by atoms with Gasteiger partial charge in [-0.1, -0.05) is 18.2 Å². The monoisotopic (exact) mass is 316 g/mol. The van der Waals surface area contributed by atoms with E-state index in [4.69, 9.17) is 9.84 Å². The molecule has 0 saturated carbocycles. The van der Waals surface area contributed by atoms with Crippen molar-refractivity contribution in [2.24, 2.45) is 0 Å². The number of benzene rings is 2. The first-order valence-electron chi connectivity index (χ1n) is 7.38. The first-order chi connectivity index (χ1) is 11.1. The average Bonchev–Trinajstić information content (AvgIpc) is 2.56. The third kappa shape index (κ3) is 5.18. The highest BCUT2D eigenvalue weighted by Gasteiger charge is 2.03. The van der Waals surface area contributed by atoms with Gasteiger partial charge >= 0.3 is 12.0 Å². The van der Waals surface area contributed by atoms with Gasteiger partial charge in [-0.05, 0) is 41.0 Å². The minimum atomic E-state index is -0.861. The van der Waals surface area contributed by atoms with Crippen LogP contribution >= 0.6 is 0 Å². The van der Waals surface area contributed by atoms with E-state index in [0.717, 1.165) is 22.1 Å². The van der Waals surface area contributed by atoms with Crippen molar-refractivity contribution in [1.29, 1.82) is 0 Å². The summed E-state index contributed by atoms with van der Waals surface area (Å²) in [4.78, 5) is 22.0. The van der Waals surface area contributed by atoms with Gasteiger partial charge < -0.3 is 20.5 Å². The maximum Gasteiger partial charge on any atom is 0.315 e. The Morgan fingerprint density at radius 2 is 1.83 bits per heavy atom. The van der Waals surface area contributed by atoms with Crippen LogP contribution < -0.4 is 15.4 Å². The summed E-state index contributed by atoms with van der Waals surface area (Å²) in [5.41, 5.74) is 0.989. The van der Waals surface area contributed by atoms with Crippen LogP contribution in [0, 0.1) is 0 Å². The van der Waals surface area contributed by atoms with Crippen molar-refractivity contribution in [2.75, 3.05) is 13.7 Å². The van der Waals surface area contributed by atoms with Crippen molar-refractivity contribution < 1.29 is 19.4 Å². The molecule has 2 amide bonds. The van der Waals surface area contributed by atoms with E-state index in [-0.39, 0.29) is 12.5 Å². The lowest BCUT2D eigenvalue weighted by molar-refractivity contribution is -0.137. The molecular formula is C17H20N2O4. The van der Waals surface area contributed by atoms with Crippen LogP contribution in [-0.2, 0) is 11.3 Å². The molecule has 2 aromatic rings. The van der Waals surface area contributed by atoms with E-state index in [2.05, 4.69) is 10.6 Å². The first-order valence-corrected chi connectivity index (χ1v) is 7.38. The number of amides is 2. The zero-order chi connectivity index (χ0) is 16.7. The van der Waals surface area contributed by atoms with Crippen LogP contribution in [-0.4, -0.2) is 30.8 Å². The maximum atomic E-state index is 11.6. The molecule has 0 bridgehead atoms. The smallest absolute Gasteiger partial charge is 0.315 e. The molecular weight excluding hydrogens is 296 g/mol. The topological polar surface area (TPSA) is 87.7 Å². The van der Waals surface area contributed by atoms with Crippen LogP contribution in [0.5, 0.6) is 5.75 Å². The van der Waals surface area contributed by atoms with Crippen molar-refractivity contribution in [3.8, 4) is 5.75 Å². The third-order valence-electron chi connectivity index (χ3n) is 3.42. The number of ether oxygens (including phenoxy) is 1. The molecule has 0 heterocycles. The van der Waals surface area contributed by atoms with E-state index in [9.17, 15) is 9.59 Å². The zero-order valence-corrected chi connectivity index (χ0v) is 13.0. The van der Waals surface area contributed by atoms with Crippen molar-refractivity contribution in [1.82, 2.24) is 10.6 Å². The summed E-state index contributed by atoms with van der Waals surface area (Å²) in [6, 6.07) is 11.5. The molecule has 6 heteroatoms. The molecule has 3 N–H and O–H groups in total. The molecule has 23 heavy (non-hydrogen) atoms. The van der Waals surface area contributed by atoms with E-state index in [1.54, 1.807) is 7.11 Å². The minimum absolute atomic E-state index is 0.0500. The molecule has 0 aliphatic carbocycles. The molecule has 0 unspecified atom stereocenters. The van der Waals surface area contributed by atoms with E-state index in [1.807, 2.05) is 36.4 Å². The number of methoxy groups -OCH3 is 1. The normalized spacial score (nSPS) is 10.3. The Labute approximate surface area is 134 Å². The summed E-state index contributed by atoms with van der Waals surface area (Å²) in [6.45, 7) is 0.752. The highest BCUT2D eigenvalue weighted by Crippen LogP contribution is 2.21. The van der Waals surface area contributed by atoms with Crippen molar-refractivity contribution in [3.63, 3.8) is 0 Å². The molecule has 0 spiro atoms. The average molecular weight is 316 g/mol. The summed E-state index contributed by atoms with van der Waals surface area (Å²) in [5, 5.41) is 16.0. The van der Waals surface area contributed by atoms with Crippen LogP contribution in [0.1, 0.15) is 18.4 Å². The first kappa shape index (κ1) is 16.6. The molecule has 0 aliphatic rings. The predicted octanol–water partition coefficient (Wildman–Crippen LogP) is 2.51. The third-order valence-corrected chi connectivity index (χ3v) is 3.42. The lowest BCUT2D eigenvalue weighted by Gasteiger charge is -2.08. The number of fused-ring (bicyclic) bond motifs is 1.